The predicted molar refractivity (Wildman–Crippen MR) is 92.7 cm³/mol. The van der Waals surface area contributed by atoms with Crippen LogP contribution >= 0.6 is 0 Å². The van der Waals surface area contributed by atoms with Gasteiger partial charge < -0.3 is 9.30 Å². The van der Waals surface area contributed by atoms with E-state index in [0.717, 1.165) is 38.2 Å². The predicted octanol–water partition coefficient (Wildman–Crippen LogP) is 3.65. The number of rotatable bonds is 5. The minimum atomic E-state index is 0.00160. The molecule has 1 aromatic carbocycles. The first-order chi connectivity index (χ1) is 11.1. The molecule has 0 radical (unpaired) electrons. The highest BCUT2D eigenvalue weighted by Crippen LogP contribution is 2.28. The maximum Gasteiger partial charge on any atom is 0.0991 e. The van der Waals surface area contributed by atoms with Crippen molar-refractivity contribution < 1.29 is 4.74 Å². The first kappa shape index (κ1) is 16.2. The molecule has 4 nitrogen and oxygen atoms in total. The van der Waals surface area contributed by atoms with Crippen LogP contribution in [0.15, 0.2) is 43.0 Å². The second-order valence-electron chi connectivity index (χ2n) is 6.95. The van der Waals surface area contributed by atoms with Crippen LogP contribution in [0, 0.1) is 0 Å². The van der Waals surface area contributed by atoms with E-state index < -0.39 is 0 Å². The molecule has 1 atom stereocenters. The summed E-state index contributed by atoms with van der Waals surface area (Å²) in [5, 5.41) is 0. The van der Waals surface area contributed by atoms with Gasteiger partial charge in [-0.05, 0) is 50.9 Å². The average Bonchev–Trinajstić information content (AvgIpc) is 3.06. The zero-order valence-corrected chi connectivity index (χ0v) is 14.4. The van der Waals surface area contributed by atoms with Crippen LogP contribution in [0.5, 0.6) is 0 Å². The number of aromatic nitrogens is 2. The van der Waals surface area contributed by atoms with Gasteiger partial charge >= 0.3 is 0 Å². The van der Waals surface area contributed by atoms with Gasteiger partial charge in [-0.15, -0.1) is 0 Å². The van der Waals surface area contributed by atoms with E-state index in [9.17, 15) is 0 Å². The first-order valence-electron chi connectivity index (χ1n) is 8.53. The highest BCUT2D eigenvalue weighted by Gasteiger charge is 2.31. The van der Waals surface area contributed by atoms with Gasteiger partial charge in [0.2, 0.25) is 0 Å². The maximum absolute atomic E-state index is 5.86. The van der Waals surface area contributed by atoms with Gasteiger partial charge in [0.1, 0.15) is 0 Å². The smallest absolute Gasteiger partial charge is 0.0991 e. The Hall–Kier alpha value is -1.65. The van der Waals surface area contributed by atoms with E-state index in [1.54, 1.807) is 6.20 Å². The van der Waals surface area contributed by atoms with Gasteiger partial charge in [0.25, 0.3) is 0 Å². The summed E-state index contributed by atoms with van der Waals surface area (Å²) in [5.41, 5.74) is 2.52. The Morgan fingerprint density at radius 3 is 2.70 bits per heavy atom. The molecule has 124 valence electrons. The lowest BCUT2D eigenvalue weighted by atomic mass is 9.92. The Morgan fingerprint density at radius 2 is 2.09 bits per heavy atom. The highest BCUT2D eigenvalue weighted by atomic mass is 16.5. The van der Waals surface area contributed by atoms with Crippen molar-refractivity contribution in [1.29, 1.82) is 0 Å². The molecule has 2 heterocycles. The van der Waals surface area contributed by atoms with Crippen molar-refractivity contribution >= 4 is 0 Å². The monoisotopic (exact) mass is 313 g/mol. The third kappa shape index (κ3) is 4.01. The van der Waals surface area contributed by atoms with E-state index in [4.69, 9.17) is 4.74 Å². The Bertz CT molecular complexity index is 604. The van der Waals surface area contributed by atoms with Crippen LogP contribution in [0.3, 0.4) is 0 Å². The van der Waals surface area contributed by atoms with Crippen molar-refractivity contribution in [3.8, 4) is 5.69 Å². The number of nitrogens with zero attached hydrogens (tertiary/aromatic N) is 3. The van der Waals surface area contributed by atoms with Crippen LogP contribution < -0.4 is 0 Å². The van der Waals surface area contributed by atoms with Crippen molar-refractivity contribution in [2.45, 2.75) is 51.8 Å². The zero-order chi connectivity index (χ0) is 16.3. The largest absolute Gasteiger partial charge is 0.375 e. The summed E-state index contributed by atoms with van der Waals surface area (Å²) in [5.74, 6) is 0. The van der Waals surface area contributed by atoms with Gasteiger partial charge in [-0.3, -0.25) is 4.90 Å². The van der Waals surface area contributed by atoms with Gasteiger partial charge in [0.15, 0.2) is 0 Å². The van der Waals surface area contributed by atoms with E-state index in [2.05, 4.69) is 54.9 Å². The molecule has 3 rings (SSSR count). The van der Waals surface area contributed by atoms with Gasteiger partial charge in [-0.2, -0.15) is 0 Å². The number of ether oxygens (including phenoxy) is 1. The van der Waals surface area contributed by atoms with Crippen LogP contribution in [0.4, 0.5) is 0 Å². The van der Waals surface area contributed by atoms with Crippen LogP contribution in [-0.2, 0) is 11.3 Å². The molecular weight excluding hydrogens is 286 g/mol. The molecule has 0 amide bonds. The highest BCUT2D eigenvalue weighted by molar-refractivity contribution is 5.34. The molecule has 1 aliphatic heterocycles. The molecule has 0 spiro atoms. The summed E-state index contributed by atoms with van der Waals surface area (Å²) in [6.07, 6.45) is 7.84. The number of hydrogen-bond acceptors (Lipinski definition) is 3. The Kier molecular flexibility index (Phi) is 4.83. The summed E-state index contributed by atoms with van der Waals surface area (Å²) in [4.78, 5) is 6.68. The van der Waals surface area contributed by atoms with Crippen molar-refractivity contribution in [1.82, 2.24) is 14.5 Å². The molecule has 4 heteroatoms. The summed E-state index contributed by atoms with van der Waals surface area (Å²) in [7, 11) is 0. The van der Waals surface area contributed by atoms with E-state index in [0.29, 0.717) is 6.04 Å². The molecule has 1 aliphatic rings. The van der Waals surface area contributed by atoms with Crippen LogP contribution in [0.25, 0.3) is 5.69 Å². The molecule has 0 N–H and O–H groups in total. The molecule has 0 bridgehead atoms. The molecule has 1 unspecified atom stereocenters. The third-order valence-corrected chi connectivity index (χ3v) is 4.72. The molecule has 1 fully saturated rings. The van der Waals surface area contributed by atoms with E-state index in [-0.39, 0.29) is 5.60 Å². The fourth-order valence-electron chi connectivity index (χ4n) is 3.43. The number of imidazole rings is 1. The van der Waals surface area contributed by atoms with Crippen LogP contribution in [0.1, 0.15) is 39.2 Å². The van der Waals surface area contributed by atoms with Crippen molar-refractivity contribution in [2.24, 2.45) is 0 Å². The van der Waals surface area contributed by atoms with Crippen molar-refractivity contribution in [3.05, 3.63) is 48.5 Å². The molecule has 1 aromatic heterocycles. The fraction of sp³-hybridized carbons (Fsp3) is 0.526. The van der Waals surface area contributed by atoms with Crippen LogP contribution in [0.2, 0.25) is 0 Å². The minimum Gasteiger partial charge on any atom is -0.375 e. The molecule has 0 saturated carbocycles. The normalized spacial score (nSPS) is 20.8. The lowest BCUT2D eigenvalue weighted by Crippen LogP contribution is -2.45. The number of benzene rings is 1. The Morgan fingerprint density at radius 1 is 1.30 bits per heavy atom. The van der Waals surface area contributed by atoms with E-state index in [1.165, 1.54) is 5.56 Å². The second kappa shape index (κ2) is 6.85. The van der Waals surface area contributed by atoms with E-state index in [1.807, 2.05) is 17.1 Å². The molecule has 2 aromatic rings. The Labute approximate surface area is 139 Å². The molecular formula is C19H27N3O. The molecule has 1 saturated heterocycles. The summed E-state index contributed by atoms with van der Waals surface area (Å²) >= 11 is 0. The quantitative estimate of drug-likeness (QED) is 0.844. The molecule has 23 heavy (non-hydrogen) atoms. The van der Waals surface area contributed by atoms with Gasteiger partial charge in [0, 0.05) is 37.3 Å². The average molecular weight is 313 g/mol. The fourth-order valence-corrected chi connectivity index (χ4v) is 3.43. The molecule has 0 aliphatic carbocycles. The first-order valence-corrected chi connectivity index (χ1v) is 8.53. The zero-order valence-electron chi connectivity index (χ0n) is 14.4. The second-order valence-corrected chi connectivity index (χ2v) is 6.95. The standard InChI is InChI=1S/C19H27N3O/c1-4-21(18-9-12-23-19(2,3)13-18)14-16-5-7-17(8-6-16)22-11-10-20-15-22/h5-8,10-11,15,18H,4,9,12-14H2,1-3H3. The summed E-state index contributed by atoms with van der Waals surface area (Å²) < 4.78 is 7.89. The summed E-state index contributed by atoms with van der Waals surface area (Å²) in [6.45, 7) is 9.60. The van der Waals surface area contributed by atoms with Crippen LogP contribution in [-0.4, -0.2) is 39.2 Å². The topological polar surface area (TPSA) is 30.3 Å². The SMILES string of the molecule is CCN(Cc1ccc(-n2ccnc2)cc1)C1CCOC(C)(C)C1. The number of hydrogen-bond donors (Lipinski definition) is 0. The summed E-state index contributed by atoms with van der Waals surface area (Å²) in [6, 6.07) is 9.39. The van der Waals surface area contributed by atoms with Crippen molar-refractivity contribution in [2.75, 3.05) is 13.2 Å². The third-order valence-electron chi connectivity index (χ3n) is 4.72. The lowest BCUT2D eigenvalue weighted by Gasteiger charge is -2.41. The van der Waals surface area contributed by atoms with Gasteiger partial charge in [0.05, 0.1) is 11.9 Å². The lowest BCUT2D eigenvalue weighted by molar-refractivity contribution is -0.0838. The van der Waals surface area contributed by atoms with Gasteiger partial charge in [-0.25, -0.2) is 4.98 Å². The van der Waals surface area contributed by atoms with Gasteiger partial charge in [-0.1, -0.05) is 19.1 Å². The Balaban J connectivity index is 1.67. The minimum absolute atomic E-state index is 0.00160. The van der Waals surface area contributed by atoms with E-state index >= 15 is 0 Å². The van der Waals surface area contributed by atoms with Crippen molar-refractivity contribution in [3.63, 3.8) is 0 Å². The maximum atomic E-state index is 5.86.